The molecule has 2 rings (SSSR count). The van der Waals surface area contributed by atoms with Crippen LogP contribution in [0.25, 0.3) is 0 Å². The molecule has 0 aliphatic heterocycles. The molecular weight excluding hydrogens is 232 g/mol. The first-order valence-corrected chi connectivity index (χ1v) is 5.74. The average molecular weight is 245 g/mol. The Balaban J connectivity index is 2.06. The second kappa shape index (κ2) is 5.51. The molecule has 86 valence electrons. The van der Waals surface area contributed by atoms with Gasteiger partial charge in [-0.05, 0) is 36.2 Å². The predicted molar refractivity (Wildman–Crippen MR) is 73.8 cm³/mol. The third-order valence-electron chi connectivity index (χ3n) is 2.41. The van der Waals surface area contributed by atoms with Crippen molar-refractivity contribution >= 4 is 23.5 Å². The van der Waals surface area contributed by atoms with E-state index in [4.69, 9.17) is 11.6 Å². The third-order valence-corrected chi connectivity index (χ3v) is 2.65. The van der Waals surface area contributed by atoms with E-state index in [1.165, 1.54) is 5.56 Å². The zero-order chi connectivity index (χ0) is 12.1. The Hall–Kier alpha value is -1.80. The summed E-state index contributed by atoms with van der Waals surface area (Å²) in [5, 5.41) is 4.88. The van der Waals surface area contributed by atoms with Crippen molar-refractivity contribution in [1.29, 1.82) is 0 Å². The van der Waals surface area contributed by atoms with Crippen LogP contribution in [0.2, 0.25) is 5.02 Å². The largest absolute Gasteiger partial charge is 0.278 e. The SMILES string of the molecule is Cc1ccccc1C=NNc1cccc(Cl)c1. The summed E-state index contributed by atoms with van der Waals surface area (Å²) in [4.78, 5) is 0. The number of rotatable bonds is 3. The first kappa shape index (κ1) is 11.7. The predicted octanol–water partition coefficient (Wildman–Crippen LogP) is 4.09. The molecule has 0 spiro atoms. The van der Waals surface area contributed by atoms with E-state index in [9.17, 15) is 0 Å². The summed E-state index contributed by atoms with van der Waals surface area (Å²) in [5.74, 6) is 0. The van der Waals surface area contributed by atoms with Gasteiger partial charge in [0.25, 0.3) is 0 Å². The van der Waals surface area contributed by atoms with Crippen molar-refractivity contribution in [1.82, 2.24) is 0 Å². The van der Waals surface area contributed by atoms with Gasteiger partial charge < -0.3 is 0 Å². The molecule has 0 aliphatic rings. The lowest BCUT2D eigenvalue weighted by molar-refractivity contribution is 1.34. The fourth-order valence-electron chi connectivity index (χ4n) is 1.47. The fourth-order valence-corrected chi connectivity index (χ4v) is 1.66. The van der Waals surface area contributed by atoms with Crippen LogP contribution in [0.15, 0.2) is 53.6 Å². The molecule has 0 unspecified atom stereocenters. The van der Waals surface area contributed by atoms with Gasteiger partial charge in [0, 0.05) is 5.02 Å². The number of hydrogen-bond acceptors (Lipinski definition) is 2. The molecule has 0 saturated heterocycles. The van der Waals surface area contributed by atoms with Crippen LogP contribution in [0.5, 0.6) is 0 Å². The van der Waals surface area contributed by atoms with Crippen LogP contribution in [0, 0.1) is 6.92 Å². The van der Waals surface area contributed by atoms with Gasteiger partial charge in [-0.2, -0.15) is 5.10 Å². The highest BCUT2D eigenvalue weighted by molar-refractivity contribution is 6.30. The van der Waals surface area contributed by atoms with Gasteiger partial charge in [0.1, 0.15) is 0 Å². The number of nitrogens with zero attached hydrogens (tertiary/aromatic N) is 1. The Kier molecular flexibility index (Phi) is 3.78. The van der Waals surface area contributed by atoms with E-state index >= 15 is 0 Å². The summed E-state index contributed by atoms with van der Waals surface area (Å²) in [6, 6.07) is 15.5. The summed E-state index contributed by atoms with van der Waals surface area (Å²) in [5.41, 5.74) is 6.12. The lowest BCUT2D eigenvalue weighted by atomic mass is 10.1. The van der Waals surface area contributed by atoms with Crippen molar-refractivity contribution in [2.45, 2.75) is 6.92 Å². The smallest absolute Gasteiger partial charge is 0.0576 e. The van der Waals surface area contributed by atoms with Gasteiger partial charge in [-0.1, -0.05) is 41.9 Å². The standard InChI is InChI=1S/C14H13ClN2/c1-11-5-2-3-6-12(11)10-16-17-14-8-4-7-13(15)9-14/h2-10,17H,1H3. The summed E-state index contributed by atoms with van der Waals surface area (Å²) < 4.78 is 0. The Morgan fingerprint density at radius 2 is 1.94 bits per heavy atom. The van der Waals surface area contributed by atoms with E-state index in [1.54, 1.807) is 6.21 Å². The van der Waals surface area contributed by atoms with Crippen LogP contribution in [0.3, 0.4) is 0 Å². The zero-order valence-corrected chi connectivity index (χ0v) is 10.3. The Bertz CT molecular complexity index is 535. The van der Waals surface area contributed by atoms with E-state index in [2.05, 4.69) is 23.5 Å². The molecule has 2 nitrogen and oxygen atoms in total. The fraction of sp³-hybridized carbons (Fsp3) is 0.0714. The minimum Gasteiger partial charge on any atom is -0.278 e. The first-order valence-electron chi connectivity index (χ1n) is 5.36. The molecule has 1 N–H and O–H groups in total. The average Bonchev–Trinajstić information content (AvgIpc) is 2.32. The molecular formula is C14H13ClN2. The maximum absolute atomic E-state index is 5.87. The Morgan fingerprint density at radius 3 is 2.71 bits per heavy atom. The Morgan fingerprint density at radius 1 is 1.12 bits per heavy atom. The highest BCUT2D eigenvalue weighted by Gasteiger charge is 1.93. The monoisotopic (exact) mass is 244 g/mol. The summed E-state index contributed by atoms with van der Waals surface area (Å²) >= 11 is 5.87. The summed E-state index contributed by atoms with van der Waals surface area (Å²) in [6.45, 7) is 2.06. The van der Waals surface area contributed by atoms with Crippen LogP contribution in [0.4, 0.5) is 5.69 Å². The van der Waals surface area contributed by atoms with E-state index in [0.29, 0.717) is 5.02 Å². The van der Waals surface area contributed by atoms with Crippen molar-refractivity contribution in [3.8, 4) is 0 Å². The van der Waals surface area contributed by atoms with Crippen LogP contribution in [-0.4, -0.2) is 6.21 Å². The molecule has 0 amide bonds. The quantitative estimate of drug-likeness (QED) is 0.638. The molecule has 0 bridgehead atoms. The minimum absolute atomic E-state index is 0.695. The third kappa shape index (κ3) is 3.33. The molecule has 2 aromatic rings. The highest BCUT2D eigenvalue weighted by Crippen LogP contribution is 2.14. The first-order chi connectivity index (χ1) is 8.25. The lowest BCUT2D eigenvalue weighted by Crippen LogP contribution is -1.92. The number of aryl methyl sites for hydroxylation is 1. The van der Waals surface area contributed by atoms with Gasteiger partial charge >= 0.3 is 0 Å². The van der Waals surface area contributed by atoms with Crippen molar-refractivity contribution < 1.29 is 0 Å². The molecule has 0 saturated carbocycles. The lowest BCUT2D eigenvalue weighted by Gasteiger charge is -2.01. The molecule has 0 fully saturated rings. The van der Waals surface area contributed by atoms with Gasteiger partial charge in [-0.3, -0.25) is 5.43 Å². The van der Waals surface area contributed by atoms with Crippen molar-refractivity contribution in [3.63, 3.8) is 0 Å². The van der Waals surface area contributed by atoms with Crippen LogP contribution in [0.1, 0.15) is 11.1 Å². The number of hydrogen-bond donors (Lipinski definition) is 1. The molecule has 3 heteroatoms. The summed E-state index contributed by atoms with van der Waals surface area (Å²) in [7, 11) is 0. The number of nitrogens with one attached hydrogen (secondary N) is 1. The van der Waals surface area contributed by atoms with E-state index in [-0.39, 0.29) is 0 Å². The molecule has 0 radical (unpaired) electrons. The van der Waals surface area contributed by atoms with Crippen LogP contribution in [-0.2, 0) is 0 Å². The zero-order valence-electron chi connectivity index (χ0n) is 9.52. The van der Waals surface area contributed by atoms with Crippen LogP contribution < -0.4 is 5.43 Å². The van der Waals surface area contributed by atoms with Gasteiger partial charge in [-0.15, -0.1) is 0 Å². The second-order valence-corrected chi connectivity index (χ2v) is 4.17. The maximum Gasteiger partial charge on any atom is 0.0576 e. The molecule has 0 aliphatic carbocycles. The van der Waals surface area contributed by atoms with Gasteiger partial charge in [0.15, 0.2) is 0 Å². The van der Waals surface area contributed by atoms with Crippen LogP contribution >= 0.6 is 11.6 Å². The van der Waals surface area contributed by atoms with Crippen molar-refractivity contribution in [2.75, 3.05) is 5.43 Å². The minimum atomic E-state index is 0.695. The molecule has 0 atom stereocenters. The Labute approximate surface area is 106 Å². The van der Waals surface area contributed by atoms with Gasteiger partial charge in [0.05, 0.1) is 11.9 Å². The van der Waals surface area contributed by atoms with E-state index < -0.39 is 0 Å². The molecule has 0 aromatic heterocycles. The van der Waals surface area contributed by atoms with Crippen molar-refractivity contribution in [2.24, 2.45) is 5.10 Å². The van der Waals surface area contributed by atoms with Crippen molar-refractivity contribution in [3.05, 3.63) is 64.7 Å². The molecule has 0 heterocycles. The number of anilines is 1. The maximum atomic E-state index is 5.87. The normalized spacial score (nSPS) is 10.7. The molecule has 17 heavy (non-hydrogen) atoms. The van der Waals surface area contributed by atoms with Gasteiger partial charge in [-0.25, -0.2) is 0 Å². The number of halogens is 1. The summed E-state index contributed by atoms with van der Waals surface area (Å²) in [6.07, 6.45) is 1.80. The molecule has 2 aromatic carbocycles. The van der Waals surface area contributed by atoms with E-state index in [1.807, 2.05) is 42.5 Å². The second-order valence-electron chi connectivity index (χ2n) is 3.74. The topological polar surface area (TPSA) is 24.4 Å². The number of hydrazone groups is 1. The van der Waals surface area contributed by atoms with Gasteiger partial charge in [0.2, 0.25) is 0 Å². The number of benzene rings is 2. The van der Waals surface area contributed by atoms with E-state index in [0.717, 1.165) is 11.3 Å². The highest BCUT2D eigenvalue weighted by atomic mass is 35.5.